The fourth-order valence-corrected chi connectivity index (χ4v) is 7.56. The first-order valence-corrected chi connectivity index (χ1v) is 17.9. The molecule has 11 nitrogen and oxygen atoms in total. The van der Waals surface area contributed by atoms with E-state index in [1.54, 1.807) is 13.8 Å². The zero-order valence-corrected chi connectivity index (χ0v) is 27.5. The van der Waals surface area contributed by atoms with Crippen molar-refractivity contribution in [1.82, 2.24) is 34.5 Å². The molecule has 2 fully saturated rings. The monoisotopic (exact) mass is 667 g/mol. The van der Waals surface area contributed by atoms with Crippen molar-refractivity contribution in [2.75, 3.05) is 39.0 Å². The maximum atomic E-state index is 13.9. The number of sulfonamides is 1. The molecule has 5 rings (SSSR count). The van der Waals surface area contributed by atoms with E-state index in [0.717, 1.165) is 69.9 Å². The minimum Gasteiger partial charge on any atom is -0.340 e. The molecule has 254 valence electrons. The lowest BCUT2D eigenvalue weighted by Crippen LogP contribution is -2.45. The van der Waals surface area contributed by atoms with E-state index < -0.39 is 27.8 Å². The maximum absolute atomic E-state index is 13.9. The van der Waals surface area contributed by atoms with Gasteiger partial charge < -0.3 is 20.4 Å². The van der Waals surface area contributed by atoms with Crippen LogP contribution in [0.1, 0.15) is 68.3 Å². The highest BCUT2D eigenvalue weighted by Gasteiger charge is 2.35. The number of hydrogen-bond donors (Lipinski definition) is 2. The number of nitrogens with zero attached hydrogens (tertiary/aromatic N) is 5. The second-order valence-electron chi connectivity index (χ2n) is 12.8. The molecule has 0 unspecified atom stereocenters. The van der Waals surface area contributed by atoms with Crippen LogP contribution in [0.5, 0.6) is 0 Å². The fourth-order valence-electron chi connectivity index (χ4n) is 6.77. The van der Waals surface area contributed by atoms with Gasteiger partial charge in [-0.05, 0) is 63.8 Å². The van der Waals surface area contributed by atoms with Crippen molar-refractivity contribution in [3.8, 4) is 11.3 Å². The number of benzene rings is 1. The molecule has 3 aliphatic rings. The number of halogens is 3. The lowest BCUT2D eigenvalue weighted by molar-refractivity contribution is -0.138. The van der Waals surface area contributed by atoms with Crippen LogP contribution in [0.15, 0.2) is 18.2 Å². The van der Waals surface area contributed by atoms with Gasteiger partial charge in [0.05, 0.1) is 17.5 Å². The van der Waals surface area contributed by atoms with Gasteiger partial charge in [0, 0.05) is 87.6 Å². The van der Waals surface area contributed by atoms with Crippen LogP contribution >= 0.6 is 0 Å². The van der Waals surface area contributed by atoms with Crippen LogP contribution in [0.25, 0.3) is 11.3 Å². The summed E-state index contributed by atoms with van der Waals surface area (Å²) < 4.78 is 70.0. The van der Waals surface area contributed by atoms with Gasteiger partial charge in [0.2, 0.25) is 15.9 Å². The summed E-state index contributed by atoms with van der Waals surface area (Å²) in [6.07, 6.45) is 1.26. The first-order chi connectivity index (χ1) is 21.7. The van der Waals surface area contributed by atoms with Crippen molar-refractivity contribution < 1.29 is 31.2 Å². The number of alkyl halides is 3. The van der Waals surface area contributed by atoms with Gasteiger partial charge in [0.1, 0.15) is 0 Å². The average molecular weight is 668 g/mol. The van der Waals surface area contributed by atoms with Crippen molar-refractivity contribution in [3.05, 3.63) is 40.6 Å². The molecular weight excluding hydrogens is 623 g/mol. The van der Waals surface area contributed by atoms with Crippen LogP contribution in [0, 0.1) is 0 Å². The first-order valence-electron chi connectivity index (χ1n) is 16.0. The summed E-state index contributed by atoms with van der Waals surface area (Å²) in [5, 5.41) is 9.97. The minimum absolute atomic E-state index is 0.0810. The minimum atomic E-state index is -4.63. The summed E-state index contributed by atoms with van der Waals surface area (Å²) >= 11 is 0. The van der Waals surface area contributed by atoms with E-state index in [4.69, 9.17) is 5.10 Å². The number of urea groups is 1. The smallest absolute Gasteiger partial charge is 0.340 e. The summed E-state index contributed by atoms with van der Waals surface area (Å²) in [6.45, 7) is 7.65. The molecule has 0 saturated carbocycles. The van der Waals surface area contributed by atoms with Crippen molar-refractivity contribution in [1.29, 1.82) is 0 Å². The van der Waals surface area contributed by atoms with Crippen molar-refractivity contribution in [2.45, 2.75) is 90.3 Å². The molecule has 15 heteroatoms. The normalized spacial score (nSPS) is 18.8. The highest BCUT2D eigenvalue weighted by molar-refractivity contribution is 7.88. The van der Waals surface area contributed by atoms with Crippen LogP contribution in [-0.2, 0) is 47.0 Å². The molecule has 0 spiro atoms. The Morgan fingerprint density at radius 3 is 2.46 bits per heavy atom. The Morgan fingerprint density at radius 2 is 1.83 bits per heavy atom. The number of carbonyl (C=O) groups excluding carboxylic acids is 2. The number of hydrogen-bond acceptors (Lipinski definition) is 6. The molecule has 2 aromatic rings. The Labute approximate surface area is 268 Å². The van der Waals surface area contributed by atoms with Gasteiger partial charge in [-0.3, -0.25) is 9.48 Å². The Bertz CT molecular complexity index is 1540. The third kappa shape index (κ3) is 8.03. The number of piperidine rings is 1. The topological polar surface area (TPSA) is 120 Å². The molecule has 0 aliphatic carbocycles. The molecule has 46 heavy (non-hydrogen) atoms. The fraction of sp³-hybridized carbons (Fsp3) is 0.645. The van der Waals surface area contributed by atoms with Crippen molar-refractivity contribution in [2.24, 2.45) is 0 Å². The van der Waals surface area contributed by atoms with Crippen molar-refractivity contribution in [3.63, 3.8) is 0 Å². The predicted octanol–water partition coefficient (Wildman–Crippen LogP) is 3.57. The zero-order chi connectivity index (χ0) is 33.2. The molecular formula is C31H44F3N7O4S. The van der Waals surface area contributed by atoms with Crippen LogP contribution in [0.4, 0.5) is 18.0 Å². The second kappa shape index (κ2) is 13.9. The number of amides is 3. The number of rotatable bonds is 10. The maximum Gasteiger partial charge on any atom is 0.416 e. The van der Waals surface area contributed by atoms with Gasteiger partial charge in [0.15, 0.2) is 0 Å². The number of carbonyl (C=O) groups is 2. The lowest BCUT2D eigenvalue weighted by atomic mass is 9.97. The standard InChI is InChI=1S/C31H44F3N7O4S/c1-21(2)36-30(43)35-19-23-18-22(7-8-26(23)31(32,33)34)29-25-20-39(46(3,44)45)17-11-27(25)41(37-29)14-5-12-38-15-9-24(10-16-38)40-13-4-6-28(40)42/h7-8,18,21,24H,4-6,9-17,19-20H2,1-3H3,(H2,35,36,43). The molecule has 0 radical (unpaired) electrons. The molecule has 2 N–H and O–H groups in total. The Kier molecular flexibility index (Phi) is 10.3. The number of likely N-dealkylation sites (tertiary alicyclic amines) is 2. The van der Waals surface area contributed by atoms with E-state index in [2.05, 4.69) is 15.5 Å². The Balaban J connectivity index is 1.35. The number of aryl methyl sites for hydroxylation is 1. The molecule has 0 bridgehead atoms. The van der Waals surface area contributed by atoms with E-state index in [1.165, 1.54) is 16.4 Å². The van der Waals surface area contributed by atoms with E-state index in [-0.39, 0.29) is 30.6 Å². The van der Waals surface area contributed by atoms with Gasteiger partial charge in [-0.25, -0.2) is 13.2 Å². The second-order valence-corrected chi connectivity index (χ2v) is 14.8. The zero-order valence-electron chi connectivity index (χ0n) is 26.7. The van der Waals surface area contributed by atoms with Gasteiger partial charge in [-0.15, -0.1) is 0 Å². The quantitative estimate of drug-likeness (QED) is 0.400. The predicted molar refractivity (Wildman–Crippen MR) is 167 cm³/mol. The van der Waals surface area contributed by atoms with Crippen molar-refractivity contribution >= 4 is 22.0 Å². The first kappa shape index (κ1) is 34.2. The number of nitrogens with one attached hydrogen (secondary N) is 2. The van der Waals surface area contributed by atoms with Crippen LogP contribution in [0.2, 0.25) is 0 Å². The van der Waals surface area contributed by atoms with E-state index in [9.17, 15) is 31.2 Å². The molecule has 3 aliphatic heterocycles. The van der Waals surface area contributed by atoms with E-state index in [1.807, 2.05) is 9.58 Å². The van der Waals surface area contributed by atoms with Crippen LogP contribution in [0.3, 0.4) is 0 Å². The number of fused-ring (bicyclic) bond motifs is 1. The number of aromatic nitrogens is 2. The van der Waals surface area contributed by atoms with E-state index in [0.29, 0.717) is 48.8 Å². The molecule has 0 atom stereocenters. The van der Waals surface area contributed by atoms with Crippen LogP contribution in [-0.4, -0.2) is 95.3 Å². The van der Waals surface area contributed by atoms with Gasteiger partial charge in [-0.1, -0.05) is 6.07 Å². The van der Waals surface area contributed by atoms with Gasteiger partial charge >= 0.3 is 12.2 Å². The molecule has 3 amide bonds. The third-order valence-corrected chi connectivity index (χ3v) is 10.3. The summed E-state index contributed by atoms with van der Waals surface area (Å²) in [7, 11) is -3.50. The molecule has 2 saturated heterocycles. The van der Waals surface area contributed by atoms with Gasteiger partial charge in [0.25, 0.3) is 0 Å². The highest BCUT2D eigenvalue weighted by Crippen LogP contribution is 2.37. The highest BCUT2D eigenvalue weighted by atomic mass is 32.2. The SMILES string of the molecule is CC(C)NC(=O)NCc1cc(-c2nn(CCCN3CCC(N4CCCC4=O)CC3)c3c2CN(S(C)(=O)=O)CC3)ccc1C(F)(F)F. The van der Waals surface area contributed by atoms with E-state index >= 15 is 0 Å². The molecule has 1 aromatic carbocycles. The summed E-state index contributed by atoms with van der Waals surface area (Å²) in [5.74, 6) is 0.264. The molecule has 1 aromatic heterocycles. The summed E-state index contributed by atoms with van der Waals surface area (Å²) in [6, 6.07) is 3.30. The molecule has 4 heterocycles. The van der Waals surface area contributed by atoms with Gasteiger partial charge in [-0.2, -0.15) is 22.6 Å². The van der Waals surface area contributed by atoms with Crippen LogP contribution < -0.4 is 10.6 Å². The Hall–Kier alpha value is -3.17. The average Bonchev–Trinajstić information content (AvgIpc) is 3.58. The third-order valence-electron chi connectivity index (χ3n) is 9.06. The summed E-state index contributed by atoms with van der Waals surface area (Å²) in [4.78, 5) is 28.8. The Morgan fingerprint density at radius 1 is 1.09 bits per heavy atom. The summed E-state index contributed by atoms with van der Waals surface area (Å²) in [5.41, 5.74) is 1.48. The lowest BCUT2D eigenvalue weighted by Gasteiger charge is -2.36. The largest absolute Gasteiger partial charge is 0.416 e.